The molecule has 0 unspecified atom stereocenters. The van der Waals surface area contributed by atoms with Crippen LogP contribution in [0.2, 0.25) is 0 Å². The molecule has 1 atom stereocenters. The number of aryl methyl sites for hydroxylation is 1. The molecule has 2 aliphatic heterocycles. The Balaban J connectivity index is 1.54. The summed E-state index contributed by atoms with van der Waals surface area (Å²) in [6.07, 6.45) is 3.44. The van der Waals surface area contributed by atoms with Crippen LogP contribution < -0.4 is 14.8 Å². The van der Waals surface area contributed by atoms with Gasteiger partial charge in [-0.15, -0.1) is 10.2 Å². The zero-order valence-electron chi connectivity index (χ0n) is 17.1. The first-order chi connectivity index (χ1) is 15.1. The van der Waals surface area contributed by atoms with Gasteiger partial charge < -0.3 is 14.8 Å². The lowest BCUT2D eigenvalue weighted by Crippen LogP contribution is -2.13. The van der Waals surface area contributed by atoms with Crippen LogP contribution in [-0.4, -0.2) is 32.8 Å². The van der Waals surface area contributed by atoms with Crippen LogP contribution >= 0.6 is 0 Å². The Kier molecular flexibility index (Phi) is 3.89. The van der Waals surface area contributed by atoms with Gasteiger partial charge in [-0.05, 0) is 49.2 Å². The minimum absolute atomic E-state index is 0.0292. The molecule has 0 fully saturated rings. The lowest BCUT2D eigenvalue weighted by atomic mass is 9.96. The van der Waals surface area contributed by atoms with Gasteiger partial charge in [-0.3, -0.25) is 9.38 Å². The molecule has 0 amide bonds. The van der Waals surface area contributed by atoms with Crippen LogP contribution in [-0.2, 0) is 6.54 Å². The zero-order valence-corrected chi connectivity index (χ0v) is 17.1. The van der Waals surface area contributed by atoms with Gasteiger partial charge in [0.2, 0.25) is 0 Å². The molecule has 3 aromatic heterocycles. The first-order valence-corrected chi connectivity index (χ1v) is 10.2. The largest absolute Gasteiger partial charge is 0.493 e. The third-order valence-corrected chi connectivity index (χ3v) is 6.27. The predicted molar refractivity (Wildman–Crippen MR) is 113 cm³/mol. The van der Waals surface area contributed by atoms with E-state index in [1.807, 2.05) is 30.4 Å². The van der Waals surface area contributed by atoms with Crippen LogP contribution in [0.25, 0.3) is 16.8 Å². The summed E-state index contributed by atoms with van der Waals surface area (Å²) in [4.78, 5) is 4.38. The molecule has 4 aromatic rings. The smallest absolute Gasteiger partial charge is 0.170 e. The summed E-state index contributed by atoms with van der Waals surface area (Å²) in [6.45, 7) is 5.21. The number of nitrogens with zero attached hydrogens (tertiary/aromatic N) is 4. The highest BCUT2D eigenvalue weighted by Gasteiger charge is 2.31. The quantitative estimate of drug-likeness (QED) is 0.504. The summed E-state index contributed by atoms with van der Waals surface area (Å²) in [5, 5.41) is 11.9. The van der Waals surface area contributed by atoms with Gasteiger partial charge >= 0.3 is 0 Å². The second-order valence-electron chi connectivity index (χ2n) is 7.97. The van der Waals surface area contributed by atoms with Crippen molar-refractivity contribution in [3.05, 3.63) is 65.0 Å². The highest BCUT2D eigenvalue weighted by atomic mass is 19.1. The maximum atomic E-state index is 14.7. The first kappa shape index (κ1) is 18.1. The van der Waals surface area contributed by atoms with E-state index in [2.05, 4.69) is 20.5 Å². The van der Waals surface area contributed by atoms with Gasteiger partial charge in [-0.2, -0.15) is 0 Å². The number of fused-ring (bicyclic) bond motifs is 3. The molecule has 156 valence electrons. The zero-order chi connectivity index (χ0) is 21.1. The summed E-state index contributed by atoms with van der Waals surface area (Å²) < 4.78 is 28.7. The maximum absolute atomic E-state index is 14.7. The van der Waals surface area contributed by atoms with Crippen molar-refractivity contribution in [1.29, 1.82) is 0 Å². The van der Waals surface area contributed by atoms with Crippen LogP contribution in [0, 0.1) is 19.7 Å². The molecule has 0 saturated heterocycles. The number of hydrogen-bond donors (Lipinski definition) is 1. The number of anilines is 1. The molecule has 0 spiro atoms. The number of halogens is 1. The number of rotatable bonds is 1. The Hall–Kier alpha value is -3.68. The summed E-state index contributed by atoms with van der Waals surface area (Å²) >= 11 is 0. The Morgan fingerprint density at radius 3 is 2.81 bits per heavy atom. The normalized spacial score (nSPS) is 16.9. The molecule has 1 aromatic carbocycles. The number of hydrogen-bond acceptors (Lipinski definition) is 6. The van der Waals surface area contributed by atoms with E-state index in [1.54, 1.807) is 18.6 Å². The van der Waals surface area contributed by atoms with Gasteiger partial charge in [0.15, 0.2) is 17.2 Å². The molecular formula is C23H20FN5O2. The van der Waals surface area contributed by atoms with E-state index in [0.717, 1.165) is 33.7 Å². The summed E-state index contributed by atoms with van der Waals surface area (Å²) in [7, 11) is 0. The van der Waals surface area contributed by atoms with Crippen LogP contribution in [0.15, 0.2) is 36.8 Å². The molecule has 31 heavy (non-hydrogen) atoms. The molecule has 6 rings (SSSR count). The molecule has 0 saturated carbocycles. The first-order valence-electron chi connectivity index (χ1n) is 10.2. The molecule has 0 radical (unpaired) electrons. The lowest BCUT2D eigenvalue weighted by molar-refractivity contribution is 0.249. The third-order valence-electron chi connectivity index (χ3n) is 6.27. The highest BCUT2D eigenvalue weighted by molar-refractivity contribution is 5.83. The average molecular weight is 417 g/mol. The van der Waals surface area contributed by atoms with E-state index < -0.39 is 0 Å². The van der Waals surface area contributed by atoms with Crippen LogP contribution in [0.3, 0.4) is 0 Å². The summed E-state index contributed by atoms with van der Waals surface area (Å²) in [5.41, 5.74) is 6.17. The number of ether oxygens (including phenoxy) is 2. The van der Waals surface area contributed by atoms with Crippen LogP contribution in [0.5, 0.6) is 11.5 Å². The molecule has 0 bridgehead atoms. The van der Waals surface area contributed by atoms with Crippen molar-refractivity contribution >= 4 is 11.5 Å². The number of pyridine rings is 2. The number of benzene rings is 1. The molecule has 7 nitrogen and oxygen atoms in total. The van der Waals surface area contributed by atoms with E-state index >= 15 is 0 Å². The van der Waals surface area contributed by atoms with Crippen molar-refractivity contribution in [3.63, 3.8) is 0 Å². The molecule has 1 N–H and O–H groups in total. The van der Waals surface area contributed by atoms with Crippen molar-refractivity contribution in [2.75, 3.05) is 18.5 Å². The minimum atomic E-state index is -0.246. The third kappa shape index (κ3) is 2.67. The van der Waals surface area contributed by atoms with E-state index in [4.69, 9.17) is 9.47 Å². The fourth-order valence-corrected chi connectivity index (χ4v) is 4.51. The van der Waals surface area contributed by atoms with Crippen molar-refractivity contribution < 1.29 is 13.9 Å². The van der Waals surface area contributed by atoms with Crippen molar-refractivity contribution in [2.45, 2.75) is 26.3 Å². The summed E-state index contributed by atoms with van der Waals surface area (Å²) in [5.74, 6) is 1.82. The monoisotopic (exact) mass is 417 g/mol. The van der Waals surface area contributed by atoms with Gasteiger partial charge in [-0.1, -0.05) is 0 Å². The van der Waals surface area contributed by atoms with Crippen molar-refractivity contribution in [3.8, 4) is 22.6 Å². The fourth-order valence-electron chi connectivity index (χ4n) is 4.51. The van der Waals surface area contributed by atoms with Gasteiger partial charge in [0, 0.05) is 35.1 Å². The van der Waals surface area contributed by atoms with Gasteiger partial charge in [-0.25, -0.2) is 4.39 Å². The fraction of sp³-hybridized carbons (Fsp3) is 0.261. The SMILES string of the molecule is Cc1nccc(-c2cc3c(n4cnnc24)NCc2c(F)ccc4c2[C@H](CO4)CO3)c1C. The highest BCUT2D eigenvalue weighted by Crippen LogP contribution is 2.42. The second kappa shape index (κ2) is 6.66. The van der Waals surface area contributed by atoms with Crippen molar-refractivity contribution in [1.82, 2.24) is 19.6 Å². The van der Waals surface area contributed by atoms with Crippen LogP contribution in [0.4, 0.5) is 10.2 Å². The van der Waals surface area contributed by atoms with E-state index in [-0.39, 0.29) is 11.7 Å². The Bertz CT molecular complexity index is 1350. The Morgan fingerprint density at radius 1 is 1.10 bits per heavy atom. The van der Waals surface area contributed by atoms with Gasteiger partial charge in [0.1, 0.15) is 17.9 Å². The van der Waals surface area contributed by atoms with Gasteiger partial charge in [0.25, 0.3) is 0 Å². The lowest BCUT2D eigenvalue weighted by Gasteiger charge is -2.17. The minimum Gasteiger partial charge on any atom is -0.493 e. The predicted octanol–water partition coefficient (Wildman–Crippen LogP) is 4.03. The Labute approximate surface area is 177 Å². The molecule has 0 aliphatic carbocycles. The average Bonchev–Trinajstić information content (AvgIpc) is 3.41. The van der Waals surface area contributed by atoms with Crippen LogP contribution in [0.1, 0.15) is 28.3 Å². The van der Waals surface area contributed by atoms with Crippen molar-refractivity contribution in [2.24, 2.45) is 0 Å². The molecule has 5 heterocycles. The molecule has 2 aliphatic rings. The standard InChI is InChI=1S/C23H20FN5O2/c1-12-13(2)25-6-5-15(12)16-7-20-23(29-11-27-28-22(16)29)26-8-17-18(24)3-4-19-21(17)14(9-30-19)10-31-20/h3-7,11,14,26H,8-10H2,1-2H3/t14-/m1/s1. The molecule has 8 heteroatoms. The van der Waals surface area contributed by atoms with E-state index in [1.165, 1.54) is 6.07 Å². The summed E-state index contributed by atoms with van der Waals surface area (Å²) in [6, 6.07) is 7.12. The Morgan fingerprint density at radius 2 is 1.94 bits per heavy atom. The second-order valence-corrected chi connectivity index (χ2v) is 7.97. The maximum Gasteiger partial charge on any atom is 0.170 e. The van der Waals surface area contributed by atoms with E-state index in [9.17, 15) is 4.39 Å². The topological polar surface area (TPSA) is 73.6 Å². The molecular weight excluding hydrogens is 397 g/mol. The van der Waals surface area contributed by atoms with E-state index in [0.29, 0.717) is 42.5 Å². The number of nitrogens with one attached hydrogen (secondary N) is 1. The number of aromatic nitrogens is 4. The van der Waals surface area contributed by atoms with Gasteiger partial charge in [0.05, 0.1) is 19.1 Å².